The zero-order valence-electron chi connectivity index (χ0n) is 9.22. The Labute approximate surface area is 109 Å². The van der Waals surface area contributed by atoms with Crippen LogP contribution in [0.2, 0.25) is 5.02 Å². The van der Waals surface area contributed by atoms with Gasteiger partial charge in [0.25, 0.3) is 0 Å². The number of rotatable bonds is 2. The Bertz CT molecular complexity index is 668. The largest absolute Gasteiger partial charge is 0.456 e. The zero-order chi connectivity index (χ0) is 13.0. The van der Waals surface area contributed by atoms with Crippen molar-refractivity contribution in [3.63, 3.8) is 0 Å². The average Bonchev–Trinajstić information content (AvgIpc) is 2.41. The maximum absolute atomic E-state index is 8.91. The van der Waals surface area contributed by atoms with Crippen molar-refractivity contribution in [1.82, 2.24) is 0 Å². The van der Waals surface area contributed by atoms with E-state index in [1.807, 2.05) is 12.1 Å². The molecule has 4 heteroatoms. The summed E-state index contributed by atoms with van der Waals surface area (Å²) in [5, 5.41) is 18.2. The molecule has 0 saturated carbocycles. The molecule has 2 aromatic carbocycles. The molecule has 0 aliphatic rings. The van der Waals surface area contributed by atoms with E-state index in [9.17, 15) is 0 Å². The first-order valence-electron chi connectivity index (χ1n) is 5.11. The molecule has 0 amide bonds. The molecule has 0 atom stereocenters. The molecular formula is C14H7ClN2O. The third-order valence-corrected chi connectivity index (χ3v) is 2.61. The molecule has 86 valence electrons. The Morgan fingerprint density at radius 3 is 2.33 bits per heavy atom. The highest BCUT2D eigenvalue weighted by Gasteiger charge is 2.06. The van der Waals surface area contributed by atoms with E-state index in [-0.39, 0.29) is 5.56 Å². The Hall–Kier alpha value is -2.49. The van der Waals surface area contributed by atoms with Crippen molar-refractivity contribution in [2.24, 2.45) is 0 Å². The topological polar surface area (TPSA) is 56.8 Å². The van der Waals surface area contributed by atoms with Crippen LogP contribution in [0.3, 0.4) is 0 Å². The second kappa shape index (κ2) is 5.23. The molecule has 0 aliphatic carbocycles. The van der Waals surface area contributed by atoms with E-state index in [1.165, 1.54) is 6.07 Å². The number of nitrogens with zero attached hydrogens (tertiary/aromatic N) is 2. The summed E-state index contributed by atoms with van der Waals surface area (Å²) in [7, 11) is 0. The van der Waals surface area contributed by atoms with Crippen LogP contribution in [0.4, 0.5) is 0 Å². The molecule has 0 unspecified atom stereocenters. The monoisotopic (exact) mass is 254 g/mol. The molecule has 2 rings (SSSR count). The zero-order valence-corrected chi connectivity index (χ0v) is 9.98. The SMILES string of the molecule is N#Cc1ccc(Oc2ccccc2Cl)cc1C#N. The van der Waals surface area contributed by atoms with Crippen molar-refractivity contribution in [2.45, 2.75) is 0 Å². The minimum atomic E-state index is 0.280. The number of ether oxygens (including phenoxy) is 1. The summed E-state index contributed by atoms with van der Waals surface area (Å²) < 4.78 is 5.56. The van der Waals surface area contributed by atoms with E-state index in [0.717, 1.165) is 0 Å². The quantitative estimate of drug-likeness (QED) is 0.817. The Morgan fingerprint density at radius 2 is 1.67 bits per heavy atom. The van der Waals surface area contributed by atoms with E-state index in [1.54, 1.807) is 36.4 Å². The Balaban J connectivity index is 2.35. The van der Waals surface area contributed by atoms with Gasteiger partial charge in [0.05, 0.1) is 16.1 Å². The van der Waals surface area contributed by atoms with E-state index < -0.39 is 0 Å². The molecule has 0 aliphatic heterocycles. The van der Waals surface area contributed by atoms with Gasteiger partial charge in [-0.3, -0.25) is 0 Å². The predicted molar refractivity (Wildman–Crippen MR) is 67.4 cm³/mol. The van der Waals surface area contributed by atoms with E-state index in [2.05, 4.69) is 0 Å². The third kappa shape index (κ3) is 2.43. The molecule has 0 saturated heterocycles. The lowest BCUT2D eigenvalue weighted by atomic mass is 10.1. The van der Waals surface area contributed by atoms with Crippen molar-refractivity contribution in [3.8, 4) is 23.6 Å². The highest BCUT2D eigenvalue weighted by Crippen LogP contribution is 2.29. The van der Waals surface area contributed by atoms with Crippen LogP contribution in [-0.4, -0.2) is 0 Å². The third-order valence-electron chi connectivity index (χ3n) is 2.30. The minimum absolute atomic E-state index is 0.280. The van der Waals surface area contributed by atoms with Crippen LogP contribution >= 0.6 is 11.6 Å². The lowest BCUT2D eigenvalue weighted by molar-refractivity contribution is 0.482. The highest BCUT2D eigenvalue weighted by molar-refractivity contribution is 6.32. The number of halogens is 1. The summed E-state index contributed by atoms with van der Waals surface area (Å²) in [4.78, 5) is 0. The first-order chi connectivity index (χ1) is 8.74. The van der Waals surface area contributed by atoms with Crippen LogP contribution < -0.4 is 4.74 Å². The van der Waals surface area contributed by atoms with Gasteiger partial charge in [-0.05, 0) is 30.3 Å². The van der Waals surface area contributed by atoms with Crippen molar-refractivity contribution in [2.75, 3.05) is 0 Å². The molecule has 0 spiro atoms. The van der Waals surface area contributed by atoms with Gasteiger partial charge in [-0.1, -0.05) is 23.7 Å². The minimum Gasteiger partial charge on any atom is -0.456 e. The Kier molecular flexibility index (Phi) is 3.48. The number of hydrogen-bond donors (Lipinski definition) is 0. The van der Waals surface area contributed by atoms with Gasteiger partial charge < -0.3 is 4.74 Å². The van der Waals surface area contributed by atoms with Gasteiger partial charge in [0, 0.05) is 0 Å². The number of benzene rings is 2. The average molecular weight is 255 g/mol. The predicted octanol–water partition coefficient (Wildman–Crippen LogP) is 3.88. The molecule has 0 radical (unpaired) electrons. The van der Waals surface area contributed by atoms with Gasteiger partial charge >= 0.3 is 0 Å². The van der Waals surface area contributed by atoms with Crippen molar-refractivity contribution >= 4 is 11.6 Å². The van der Waals surface area contributed by atoms with Gasteiger partial charge in [0.1, 0.15) is 23.6 Å². The molecule has 0 aromatic heterocycles. The van der Waals surface area contributed by atoms with Gasteiger partial charge in [0.2, 0.25) is 0 Å². The van der Waals surface area contributed by atoms with Crippen LogP contribution in [0.25, 0.3) is 0 Å². The summed E-state index contributed by atoms with van der Waals surface area (Å²) in [6.45, 7) is 0. The van der Waals surface area contributed by atoms with Gasteiger partial charge in [-0.25, -0.2) is 0 Å². The summed E-state index contributed by atoms with van der Waals surface area (Å²) in [6, 6.07) is 15.6. The maximum atomic E-state index is 8.91. The first-order valence-corrected chi connectivity index (χ1v) is 5.49. The number of para-hydroxylation sites is 1. The fourth-order valence-corrected chi connectivity index (χ4v) is 1.61. The Morgan fingerprint density at radius 1 is 0.944 bits per heavy atom. The summed E-state index contributed by atoms with van der Waals surface area (Å²) >= 11 is 5.96. The lowest BCUT2D eigenvalue weighted by Gasteiger charge is -2.07. The van der Waals surface area contributed by atoms with Gasteiger partial charge in [-0.2, -0.15) is 10.5 Å². The van der Waals surface area contributed by atoms with E-state index in [0.29, 0.717) is 22.1 Å². The van der Waals surface area contributed by atoms with Crippen LogP contribution in [0.1, 0.15) is 11.1 Å². The molecular weight excluding hydrogens is 248 g/mol. The van der Waals surface area contributed by atoms with Crippen LogP contribution in [-0.2, 0) is 0 Å². The molecule has 0 heterocycles. The number of hydrogen-bond acceptors (Lipinski definition) is 3. The smallest absolute Gasteiger partial charge is 0.146 e. The van der Waals surface area contributed by atoms with Crippen molar-refractivity contribution in [1.29, 1.82) is 10.5 Å². The second-order valence-electron chi connectivity index (χ2n) is 3.46. The van der Waals surface area contributed by atoms with E-state index in [4.69, 9.17) is 26.9 Å². The van der Waals surface area contributed by atoms with E-state index >= 15 is 0 Å². The van der Waals surface area contributed by atoms with Gasteiger partial charge in [-0.15, -0.1) is 0 Å². The molecule has 2 aromatic rings. The first kappa shape index (κ1) is 12.0. The van der Waals surface area contributed by atoms with Crippen molar-refractivity contribution < 1.29 is 4.74 Å². The highest BCUT2D eigenvalue weighted by atomic mass is 35.5. The standard InChI is InChI=1S/C14H7ClN2O/c15-13-3-1-2-4-14(13)18-12-6-5-10(8-16)11(7-12)9-17/h1-7H. The summed E-state index contributed by atoms with van der Waals surface area (Å²) in [5.74, 6) is 0.978. The molecule has 0 N–H and O–H groups in total. The maximum Gasteiger partial charge on any atom is 0.146 e. The van der Waals surface area contributed by atoms with Crippen LogP contribution in [0, 0.1) is 22.7 Å². The molecule has 18 heavy (non-hydrogen) atoms. The lowest BCUT2D eigenvalue weighted by Crippen LogP contribution is -1.88. The molecule has 0 bridgehead atoms. The number of nitriles is 2. The van der Waals surface area contributed by atoms with Crippen molar-refractivity contribution in [3.05, 3.63) is 58.6 Å². The van der Waals surface area contributed by atoms with Crippen LogP contribution in [0.5, 0.6) is 11.5 Å². The summed E-state index contributed by atoms with van der Waals surface area (Å²) in [6.07, 6.45) is 0. The fourth-order valence-electron chi connectivity index (χ4n) is 1.43. The normalized spacial score (nSPS) is 9.28. The molecule has 0 fully saturated rings. The summed E-state index contributed by atoms with van der Waals surface area (Å²) in [5.41, 5.74) is 0.603. The molecule has 3 nitrogen and oxygen atoms in total. The van der Waals surface area contributed by atoms with Crippen LogP contribution in [0.15, 0.2) is 42.5 Å². The second-order valence-corrected chi connectivity index (χ2v) is 3.87. The fraction of sp³-hybridized carbons (Fsp3) is 0. The van der Waals surface area contributed by atoms with Gasteiger partial charge in [0.15, 0.2) is 0 Å².